The third kappa shape index (κ3) is 3.95. The summed E-state index contributed by atoms with van der Waals surface area (Å²) in [6.45, 7) is 1.00. The van der Waals surface area contributed by atoms with Crippen LogP contribution >= 0.6 is 0 Å². The van der Waals surface area contributed by atoms with E-state index in [0.29, 0.717) is 13.1 Å². The minimum absolute atomic E-state index is 0.102. The number of rotatable bonds is 6. The van der Waals surface area contributed by atoms with Gasteiger partial charge in [-0.05, 0) is 30.5 Å². The van der Waals surface area contributed by atoms with Crippen LogP contribution in [0.1, 0.15) is 28.8 Å². The fraction of sp³-hybridized carbons (Fsp3) is 0.467. The van der Waals surface area contributed by atoms with Crippen molar-refractivity contribution in [1.82, 2.24) is 10.2 Å². The molecule has 0 aromatic heterocycles. The summed E-state index contributed by atoms with van der Waals surface area (Å²) in [5, 5.41) is 20.8. The maximum Gasteiger partial charge on any atom is 0.335 e. The van der Waals surface area contributed by atoms with Crippen LogP contribution in [0, 0.1) is 5.41 Å². The highest BCUT2D eigenvalue weighted by atomic mass is 16.4. The van der Waals surface area contributed by atoms with Crippen molar-refractivity contribution in [2.75, 3.05) is 20.2 Å². The van der Waals surface area contributed by atoms with Crippen LogP contribution in [0.3, 0.4) is 0 Å². The van der Waals surface area contributed by atoms with Crippen LogP contribution in [0.5, 0.6) is 0 Å². The summed E-state index contributed by atoms with van der Waals surface area (Å²) < 4.78 is 0. The van der Waals surface area contributed by atoms with E-state index in [1.807, 2.05) is 0 Å². The number of amides is 2. The highest BCUT2D eigenvalue weighted by molar-refractivity contribution is 5.87. The second-order valence-electron chi connectivity index (χ2n) is 5.67. The number of aromatic carboxylic acids is 1. The summed E-state index contributed by atoms with van der Waals surface area (Å²) in [7, 11) is 1.71. The number of carbonyl (C=O) groups excluding carboxylic acids is 1. The lowest BCUT2D eigenvalue weighted by atomic mass is 10.1. The Morgan fingerprint density at radius 2 is 1.90 bits per heavy atom. The minimum atomic E-state index is -0.968. The molecule has 2 rings (SSSR count). The molecule has 6 heteroatoms. The van der Waals surface area contributed by atoms with Gasteiger partial charge in [0.25, 0.3) is 0 Å². The molecule has 0 radical (unpaired) electrons. The van der Waals surface area contributed by atoms with Gasteiger partial charge < -0.3 is 20.4 Å². The van der Waals surface area contributed by atoms with Gasteiger partial charge in [0.1, 0.15) is 0 Å². The quantitative estimate of drug-likeness (QED) is 0.737. The number of carbonyl (C=O) groups is 2. The first-order valence-corrected chi connectivity index (χ1v) is 6.88. The van der Waals surface area contributed by atoms with Gasteiger partial charge in [0.15, 0.2) is 0 Å². The molecule has 2 amide bonds. The van der Waals surface area contributed by atoms with Gasteiger partial charge in [-0.1, -0.05) is 12.1 Å². The van der Waals surface area contributed by atoms with Gasteiger partial charge in [-0.3, -0.25) is 0 Å². The van der Waals surface area contributed by atoms with Crippen molar-refractivity contribution in [2.24, 2.45) is 5.41 Å². The van der Waals surface area contributed by atoms with Gasteiger partial charge in [0.05, 0.1) is 12.2 Å². The fourth-order valence-corrected chi connectivity index (χ4v) is 2.20. The van der Waals surface area contributed by atoms with Crippen molar-refractivity contribution < 1.29 is 19.8 Å². The minimum Gasteiger partial charge on any atom is -0.478 e. The maximum atomic E-state index is 12.0. The number of benzene rings is 1. The van der Waals surface area contributed by atoms with Crippen molar-refractivity contribution >= 4 is 12.0 Å². The molecule has 6 nitrogen and oxygen atoms in total. The summed E-state index contributed by atoms with van der Waals surface area (Å²) in [4.78, 5) is 24.3. The predicted octanol–water partition coefficient (Wildman–Crippen LogP) is 1.30. The summed E-state index contributed by atoms with van der Waals surface area (Å²) in [5.74, 6) is -0.968. The number of nitrogens with one attached hydrogen (secondary N) is 1. The molecule has 21 heavy (non-hydrogen) atoms. The third-order valence-corrected chi connectivity index (χ3v) is 3.86. The van der Waals surface area contributed by atoms with Gasteiger partial charge in [0, 0.05) is 25.6 Å². The van der Waals surface area contributed by atoms with E-state index in [0.717, 1.165) is 18.4 Å². The Morgan fingerprint density at radius 3 is 2.38 bits per heavy atom. The summed E-state index contributed by atoms with van der Waals surface area (Å²) in [6.07, 6.45) is 1.91. The fourth-order valence-electron chi connectivity index (χ4n) is 2.20. The lowest BCUT2D eigenvalue weighted by Crippen LogP contribution is -2.40. The Balaban J connectivity index is 1.81. The van der Waals surface area contributed by atoms with E-state index in [-0.39, 0.29) is 23.6 Å². The van der Waals surface area contributed by atoms with Gasteiger partial charge in [-0.15, -0.1) is 0 Å². The van der Waals surface area contributed by atoms with Crippen LogP contribution in [0.25, 0.3) is 0 Å². The molecule has 0 atom stereocenters. The average molecular weight is 292 g/mol. The molecule has 0 aliphatic heterocycles. The van der Waals surface area contributed by atoms with Gasteiger partial charge in [-0.2, -0.15) is 0 Å². The van der Waals surface area contributed by atoms with E-state index >= 15 is 0 Å². The molecule has 1 saturated carbocycles. The highest BCUT2D eigenvalue weighted by Gasteiger charge is 2.43. The number of aliphatic hydroxyl groups excluding tert-OH is 1. The standard InChI is InChI=1S/C15H20N2O4/c1-17(9-15(10-18)6-7-15)14(21)16-8-11-2-4-12(5-3-11)13(19)20/h2-5,18H,6-10H2,1H3,(H,16,21)(H,19,20). The molecule has 1 aromatic carbocycles. The topological polar surface area (TPSA) is 89.9 Å². The SMILES string of the molecule is CN(CC1(CO)CC1)C(=O)NCc1ccc(C(=O)O)cc1. The highest BCUT2D eigenvalue weighted by Crippen LogP contribution is 2.45. The first kappa shape index (κ1) is 15.3. The Labute approximate surface area is 123 Å². The van der Waals surface area contributed by atoms with E-state index in [1.54, 1.807) is 24.1 Å². The molecule has 0 unspecified atom stereocenters. The van der Waals surface area contributed by atoms with E-state index in [1.165, 1.54) is 12.1 Å². The Kier molecular flexibility index (Phi) is 4.47. The van der Waals surface area contributed by atoms with E-state index in [4.69, 9.17) is 5.11 Å². The average Bonchev–Trinajstić information content (AvgIpc) is 3.25. The summed E-state index contributed by atoms with van der Waals surface area (Å²) in [5.41, 5.74) is 0.959. The zero-order valence-electron chi connectivity index (χ0n) is 12.0. The van der Waals surface area contributed by atoms with Crippen LogP contribution in [0.2, 0.25) is 0 Å². The molecule has 1 aliphatic rings. The summed E-state index contributed by atoms with van der Waals surface area (Å²) in [6, 6.07) is 6.19. The molecule has 0 spiro atoms. The van der Waals surface area contributed by atoms with Crippen LogP contribution in [-0.2, 0) is 6.54 Å². The van der Waals surface area contributed by atoms with E-state index < -0.39 is 5.97 Å². The van der Waals surface area contributed by atoms with Gasteiger partial charge in [-0.25, -0.2) is 9.59 Å². The van der Waals surface area contributed by atoms with Crippen LogP contribution in [-0.4, -0.2) is 47.3 Å². The lowest BCUT2D eigenvalue weighted by molar-refractivity contribution is 0.0697. The molecule has 0 heterocycles. The smallest absolute Gasteiger partial charge is 0.335 e. The lowest BCUT2D eigenvalue weighted by Gasteiger charge is -2.22. The molecular weight excluding hydrogens is 272 g/mol. The molecule has 114 valence electrons. The largest absolute Gasteiger partial charge is 0.478 e. The van der Waals surface area contributed by atoms with Crippen LogP contribution in [0.15, 0.2) is 24.3 Å². The predicted molar refractivity (Wildman–Crippen MR) is 77.0 cm³/mol. The number of aliphatic hydroxyl groups is 1. The monoisotopic (exact) mass is 292 g/mol. The van der Waals surface area contributed by atoms with Crippen molar-refractivity contribution in [3.8, 4) is 0 Å². The van der Waals surface area contributed by atoms with Crippen LogP contribution < -0.4 is 5.32 Å². The Bertz CT molecular complexity index is 523. The number of urea groups is 1. The van der Waals surface area contributed by atoms with Gasteiger partial charge >= 0.3 is 12.0 Å². The molecule has 1 aromatic rings. The molecule has 1 fully saturated rings. The van der Waals surface area contributed by atoms with Gasteiger partial charge in [0.2, 0.25) is 0 Å². The molecule has 1 aliphatic carbocycles. The third-order valence-electron chi connectivity index (χ3n) is 3.86. The molecule has 0 saturated heterocycles. The molecule has 3 N–H and O–H groups in total. The van der Waals surface area contributed by atoms with Crippen molar-refractivity contribution in [2.45, 2.75) is 19.4 Å². The Morgan fingerprint density at radius 1 is 1.29 bits per heavy atom. The van der Waals surface area contributed by atoms with E-state index in [9.17, 15) is 14.7 Å². The van der Waals surface area contributed by atoms with Crippen molar-refractivity contribution in [1.29, 1.82) is 0 Å². The zero-order chi connectivity index (χ0) is 15.5. The normalized spacial score (nSPS) is 15.3. The number of hydrogen-bond donors (Lipinski definition) is 3. The molecular formula is C15H20N2O4. The number of nitrogens with zero attached hydrogens (tertiary/aromatic N) is 1. The Hall–Kier alpha value is -2.08. The van der Waals surface area contributed by atoms with Crippen molar-refractivity contribution in [3.05, 3.63) is 35.4 Å². The second kappa shape index (κ2) is 6.13. The van der Waals surface area contributed by atoms with Crippen LogP contribution in [0.4, 0.5) is 4.79 Å². The second-order valence-corrected chi connectivity index (χ2v) is 5.67. The zero-order valence-corrected chi connectivity index (χ0v) is 12.0. The van der Waals surface area contributed by atoms with E-state index in [2.05, 4.69) is 5.32 Å². The number of carboxylic acid groups (broad SMARTS) is 1. The van der Waals surface area contributed by atoms with Crippen molar-refractivity contribution in [3.63, 3.8) is 0 Å². The first-order valence-electron chi connectivity index (χ1n) is 6.88. The number of carboxylic acids is 1. The molecule has 0 bridgehead atoms. The number of hydrogen-bond acceptors (Lipinski definition) is 3. The summed E-state index contributed by atoms with van der Waals surface area (Å²) >= 11 is 0. The maximum absolute atomic E-state index is 12.0. The first-order chi connectivity index (χ1) is 9.96.